The third-order valence-electron chi connectivity index (χ3n) is 5.13. The molecule has 0 radical (unpaired) electrons. The normalized spacial score (nSPS) is 16.5. The Balaban J connectivity index is 1.68. The molecule has 1 aliphatic heterocycles. The highest BCUT2D eigenvalue weighted by molar-refractivity contribution is 7.90. The summed E-state index contributed by atoms with van der Waals surface area (Å²) in [5.41, 5.74) is 2.34. The molecule has 30 heavy (non-hydrogen) atoms. The SMILES string of the molecule is Cc1cc(C)n(CCC(=O)Nc2cccc(S(=O)(=O)/N=C3\CCCCCN3C)c2)n1. The van der Waals surface area contributed by atoms with Crippen LogP contribution in [-0.4, -0.2) is 48.4 Å². The van der Waals surface area contributed by atoms with Crippen molar-refractivity contribution >= 4 is 27.5 Å². The van der Waals surface area contributed by atoms with E-state index in [0.29, 0.717) is 24.5 Å². The van der Waals surface area contributed by atoms with Crippen LogP contribution < -0.4 is 5.32 Å². The Morgan fingerprint density at radius 1 is 1.20 bits per heavy atom. The Bertz CT molecular complexity index is 1040. The maximum Gasteiger partial charge on any atom is 0.284 e. The van der Waals surface area contributed by atoms with Gasteiger partial charge in [-0.05, 0) is 51.0 Å². The zero-order valence-electron chi connectivity index (χ0n) is 17.8. The van der Waals surface area contributed by atoms with E-state index < -0.39 is 10.0 Å². The van der Waals surface area contributed by atoms with Crippen LogP contribution in [0.25, 0.3) is 0 Å². The van der Waals surface area contributed by atoms with E-state index in [1.807, 2.05) is 31.9 Å². The van der Waals surface area contributed by atoms with Gasteiger partial charge in [-0.3, -0.25) is 9.48 Å². The minimum atomic E-state index is -3.84. The van der Waals surface area contributed by atoms with Gasteiger partial charge in [-0.2, -0.15) is 13.5 Å². The van der Waals surface area contributed by atoms with Crippen molar-refractivity contribution in [2.45, 2.75) is 57.4 Å². The van der Waals surface area contributed by atoms with E-state index in [2.05, 4.69) is 14.8 Å². The van der Waals surface area contributed by atoms with Crippen LogP contribution in [0.1, 0.15) is 43.5 Å². The first kappa shape index (κ1) is 22.0. The first-order chi connectivity index (χ1) is 14.2. The van der Waals surface area contributed by atoms with Crippen molar-refractivity contribution in [2.24, 2.45) is 4.40 Å². The number of aryl methyl sites for hydroxylation is 3. The number of amidine groups is 1. The highest BCUT2D eigenvalue weighted by Gasteiger charge is 2.19. The molecule has 1 fully saturated rings. The van der Waals surface area contributed by atoms with Crippen LogP contribution in [-0.2, 0) is 21.4 Å². The van der Waals surface area contributed by atoms with Crippen molar-refractivity contribution in [3.8, 4) is 0 Å². The Labute approximate surface area is 178 Å². The fraction of sp³-hybridized carbons (Fsp3) is 0.476. The molecule has 1 aliphatic rings. The van der Waals surface area contributed by atoms with Crippen molar-refractivity contribution in [2.75, 3.05) is 18.9 Å². The van der Waals surface area contributed by atoms with Gasteiger partial charge in [0.05, 0.1) is 10.6 Å². The molecule has 9 heteroatoms. The predicted octanol–water partition coefficient (Wildman–Crippen LogP) is 3.12. The monoisotopic (exact) mass is 431 g/mol. The molecule has 1 N–H and O–H groups in total. The number of sulfonamides is 1. The number of rotatable bonds is 6. The second-order valence-electron chi connectivity index (χ2n) is 7.69. The molecule has 0 aliphatic carbocycles. The topological polar surface area (TPSA) is 96.7 Å². The molecule has 2 aromatic rings. The lowest BCUT2D eigenvalue weighted by atomic mass is 10.2. The summed E-state index contributed by atoms with van der Waals surface area (Å²) in [5.74, 6) is 0.388. The fourth-order valence-electron chi connectivity index (χ4n) is 3.50. The van der Waals surface area contributed by atoms with E-state index in [1.165, 1.54) is 12.1 Å². The number of aromatic nitrogens is 2. The van der Waals surface area contributed by atoms with Gasteiger partial charge in [-0.15, -0.1) is 4.40 Å². The summed E-state index contributed by atoms with van der Waals surface area (Å²) >= 11 is 0. The average molecular weight is 432 g/mol. The maximum absolute atomic E-state index is 12.8. The number of nitrogens with one attached hydrogen (secondary N) is 1. The van der Waals surface area contributed by atoms with Gasteiger partial charge >= 0.3 is 0 Å². The molecular formula is C21H29N5O3S. The number of hydrogen-bond donors (Lipinski definition) is 1. The van der Waals surface area contributed by atoms with Crippen molar-refractivity contribution in [3.63, 3.8) is 0 Å². The molecule has 0 atom stereocenters. The smallest absolute Gasteiger partial charge is 0.284 e. The van der Waals surface area contributed by atoms with Gasteiger partial charge in [-0.1, -0.05) is 12.5 Å². The van der Waals surface area contributed by atoms with E-state index in [4.69, 9.17) is 0 Å². The Kier molecular flexibility index (Phi) is 6.91. The fourth-order valence-corrected chi connectivity index (χ4v) is 4.64. The molecule has 162 valence electrons. The van der Waals surface area contributed by atoms with Gasteiger partial charge in [0.2, 0.25) is 5.91 Å². The summed E-state index contributed by atoms with van der Waals surface area (Å²) in [6.45, 7) is 5.12. The van der Waals surface area contributed by atoms with Crippen molar-refractivity contribution < 1.29 is 13.2 Å². The predicted molar refractivity (Wildman–Crippen MR) is 117 cm³/mol. The summed E-state index contributed by atoms with van der Waals surface area (Å²) in [5, 5.41) is 7.11. The van der Waals surface area contributed by atoms with Gasteiger partial charge in [-0.25, -0.2) is 0 Å². The standard InChI is InChI=1S/C21H29N5O3S/c1-16-14-17(2)26(23-16)13-11-21(27)22-18-8-7-9-19(15-18)30(28,29)24-20-10-5-4-6-12-25(20)3/h7-9,14-15H,4-6,10-13H2,1-3H3,(H,22,27)/b24-20+. The Morgan fingerprint density at radius 3 is 2.73 bits per heavy atom. The lowest BCUT2D eigenvalue weighted by Crippen LogP contribution is -2.26. The van der Waals surface area contributed by atoms with Crippen LogP contribution in [0.2, 0.25) is 0 Å². The summed E-state index contributed by atoms with van der Waals surface area (Å²) in [4.78, 5) is 14.3. The summed E-state index contributed by atoms with van der Waals surface area (Å²) in [7, 11) is -1.97. The van der Waals surface area contributed by atoms with Crippen LogP contribution in [0, 0.1) is 13.8 Å². The van der Waals surface area contributed by atoms with E-state index in [1.54, 1.807) is 16.8 Å². The largest absolute Gasteiger partial charge is 0.362 e. The minimum absolute atomic E-state index is 0.0731. The number of carbonyl (C=O) groups is 1. The number of nitrogens with zero attached hydrogens (tertiary/aromatic N) is 4. The first-order valence-electron chi connectivity index (χ1n) is 10.2. The van der Waals surface area contributed by atoms with E-state index >= 15 is 0 Å². The molecule has 0 saturated carbocycles. The number of benzene rings is 1. The van der Waals surface area contributed by atoms with Crippen molar-refractivity contribution in [3.05, 3.63) is 41.7 Å². The summed E-state index contributed by atoms with van der Waals surface area (Å²) < 4.78 is 31.5. The van der Waals surface area contributed by atoms with Gasteiger partial charge in [0.1, 0.15) is 5.84 Å². The second kappa shape index (κ2) is 9.42. The average Bonchev–Trinajstić information content (AvgIpc) is 2.88. The summed E-state index contributed by atoms with van der Waals surface area (Å²) in [6.07, 6.45) is 3.94. The molecule has 1 amide bonds. The molecule has 1 aromatic heterocycles. The number of amides is 1. The van der Waals surface area contributed by atoms with Crippen LogP contribution in [0.5, 0.6) is 0 Å². The second-order valence-corrected chi connectivity index (χ2v) is 9.30. The van der Waals surface area contributed by atoms with E-state index in [0.717, 1.165) is 37.2 Å². The van der Waals surface area contributed by atoms with Crippen LogP contribution >= 0.6 is 0 Å². The highest BCUT2D eigenvalue weighted by atomic mass is 32.2. The van der Waals surface area contributed by atoms with Crippen molar-refractivity contribution in [1.29, 1.82) is 0 Å². The zero-order chi connectivity index (χ0) is 21.7. The molecule has 2 heterocycles. The quantitative estimate of drug-likeness (QED) is 0.758. The third kappa shape index (κ3) is 5.69. The molecule has 3 rings (SSSR count). The molecule has 0 unspecified atom stereocenters. The lowest BCUT2D eigenvalue weighted by molar-refractivity contribution is -0.116. The number of anilines is 1. The highest BCUT2D eigenvalue weighted by Crippen LogP contribution is 2.20. The van der Waals surface area contributed by atoms with Gasteiger partial charge < -0.3 is 10.2 Å². The molecule has 8 nitrogen and oxygen atoms in total. The van der Waals surface area contributed by atoms with Crippen molar-refractivity contribution in [1.82, 2.24) is 14.7 Å². The van der Waals surface area contributed by atoms with Gasteiger partial charge in [0.15, 0.2) is 0 Å². The maximum atomic E-state index is 12.8. The molecule has 1 aromatic carbocycles. The Hall–Kier alpha value is -2.68. The third-order valence-corrected chi connectivity index (χ3v) is 6.43. The van der Waals surface area contributed by atoms with Crippen LogP contribution in [0.4, 0.5) is 5.69 Å². The molecule has 0 spiro atoms. The van der Waals surface area contributed by atoms with Gasteiger partial charge in [0, 0.05) is 44.4 Å². The number of carbonyl (C=O) groups excluding carboxylic acids is 1. The minimum Gasteiger partial charge on any atom is -0.362 e. The zero-order valence-corrected chi connectivity index (χ0v) is 18.6. The van der Waals surface area contributed by atoms with Crippen LogP contribution in [0.15, 0.2) is 39.6 Å². The number of likely N-dealkylation sites (tertiary alicyclic amines) is 1. The molecular weight excluding hydrogens is 402 g/mol. The summed E-state index contributed by atoms with van der Waals surface area (Å²) in [6, 6.07) is 8.20. The van der Waals surface area contributed by atoms with Crippen LogP contribution in [0.3, 0.4) is 0 Å². The van der Waals surface area contributed by atoms with Gasteiger partial charge in [0.25, 0.3) is 10.0 Å². The Morgan fingerprint density at radius 2 is 2.00 bits per heavy atom. The molecule has 1 saturated heterocycles. The molecule has 0 bridgehead atoms. The lowest BCUT2D eigenvalue weighted by Gasteiger charge is -2.17. The van der Waals surface area contributed by atoms with E-state index in [-0.39, 0.29) is 17.2 Å². The number of hydrogen-bond acceptors (Lipinski definition) is 4. The first-order valence-corrected chi connectivity index (χ1v) is 11.6. The van der Waals surface area contributed by atoms with E-state index in [9.17, 15) is 13.2 Å².